The molecule has 4 saturated carbocycles. The van der Waals surface area contributed by atoms with Gasteiger partial charge in [0.15, 0.2) is 0 Å². The van der Waals surface area contributed by atoms with Gasteiger partial charge in [0.05, 0.1) is 20.2 Å². The summed E-state index contributed by atoms with van der Waals surface area (Å²) in [6.07, 6.45) is 35.0. The van der Waals surface area contributed by atoms with Crippen molar-refractivity contribution >= 4 is 20.2 Å². The maximum absolute atomic E-state index is 10.3. The number of hydrogen-bond acceptors (Lipinski definition) is 6. The van der Waals surface area contributed by atoms with Crippen molar-refractivity contribution in [3.63, 3.8) is 0 Å². The molecule has 0 aliphatic heterocycles. The normalized spacial score (nSPS) is 16.9. The molecule has 0 aromatic carbocycles. The first kappa shape index (κ1) is 68.5. The van der Waals surface area contributed by atoms with E-state index in [0.717, 1.165) is 43.4 Å². The third-order valence-electron chi connectivity index (χ3n) is 9.40. The second-order valence-electron chi connectivity index (χ2n) is 13.2. The Hall–Kier alpha value is 1.46. The molecular formula is C38H80Fe2LiO6S2-. The summed E-state index contributed by atoms with van der Waals surface area (Å²) in [5, 5.41) is 0. The predicted octanol–water partition coefficient (Wildman–Crippen LogP) is 8.93. The Labute approximate surface area is 343 Å². The van der Waals surface area contributed by atoms with Crippen LogP contribution < -0.4 is 18.9 Å². The van der Waals surface area contributed by atoms with Crippen LogP contribution in [0.1, 0.15) is 188 Å². The smallest absolute Gasteiger partial charge is 0.748 e. The SMILES string of the molecule is C.C1CCCC1.CCCCCC1CCCC1.O=S(=O)([O-])CCCCC1CCCC1.O=S(=O)([O-])CCCCC1CCCC1.[CH3-].[CH3-].[CH3-].[CH3-].[Fe+2].[Fe+2].[Li+]. The minimum atomic E-state index is -3.97. The molecule has 0 aromatic heterocycles. The zero-order valence-electron chi connectivity index (χ0n) is 32.2. The first-order valence-corrected chi connectivity index (χ1v) is 20.6. The molecule has 0 saturated heterocycles. The topological polar surface area (TPSA) is 114 Å². The van der Waals surface area contributed by atoms with Crippen LogP contribution in [0.3, 0.4) is 0 Å². The Morgan fingerprint density at radius 3 is 0.878 bits per heavy atom. The molecular weight excluding hydrogens is 735 g/mol. The molecule has 11 heteroatoms. The maximum Gasteiger partial charge on any atom is 2.00 e. The van der Waals surface area contributed by atoms with Crippen LogP contribution >= 0.6 is 0 Å². The van der Waals surface area contributed by atoms with E-state index in [4.69, 9.17) is 0 Å². The Kier molecular flexibility index (Phi) is 61.3. The van der Waals surface area contributed by atoms with E-state index in [9.17, 15) is 25.9 Å². The molecule has 0 aromatic rings. The van der Waals surface area contributed by atoms with Crippen LogP contribution in [0.4, 0.5) is 0 Å². The quantitative estimate of drug-likeness (QED) is 0.0749. The van der Waals surface area contributed by atoms with Crippen LogP contribution in [0, 0.1) is 47.5 Å². The first-order valence-electron chi connectivity index (χ1n) is 17.5. The molecule has 49 heavy (non-hydrogen) atoms. The van der Waals surface area contributed by atoms with Gasteiger partial charge in [-0.3, -0.25) is 0 Å². The molecule has 0 unspecified atom stereocenters. The molecule has 0 radical (unpaired) electrons. The van der Waals surface area contributed by atoms with E-state index in [-0.39, 0.29) is 102 Å². The van der Waals surface area contributed by atoms with Crippen molar-refractivity contribution in [1.82, 2.24) is 0 Å². The van der Waals surface area contributed by atoms with Crippen molar-refractivity contribution in [1.29, 1.82) is 0 Å². The van der Waals surface area contributed by atoms with E-state index in [1.165, 1.54) is 135 Å². The molecule has 0 amide bonds. The summed E-state index contributed by atoms with van der Waals surface area (Å²) in [6, 6.07) is 0. The summed E-state index contributed by atoms with van der Waals surface area (Å²) in [5.74, 6) is 2.36. The molecule has 4 rings (SSSR count). The Morgan fingerprint density at radius 2 is 0.673 bits per heavy atom. The largest absolute Gasteiger partial charge is 2.00 e. The Morgan fingerprint density at radius 1 is 0.449 bits per heavy atom. The summed E-state index contributed by atoms with van der Waals surface area (Å²) < 4.78 is 61.6. The monoisotopic (exact) mass is 815 g/mol. The van der Waals surface area contributed by atoms with Crippen LogP contribution in [0.15, 0.2) is 0 Å². The van der Waals surface area contributed by atoms with E-state index < -0.39 is 20.2 Å². The summed E-state index contributed by atoms with van der Waals surface area (Å²) >= 11 is 0. The Balaban J connectivity index is -0.0000000746. The minimum Gasteiger partial charge on any atom is -0.748 e. The third kappa shape index (κ3) is 47.4. The molecule has 0 N–H and O–H groups in total. The van der Waals surface area contributed by atoms with Gasteiger partial charge in [0.1, 0.15) is 0 Å². The van der Waals surface area contributed by atoms with Gasteiger partial charge >= 0.3 is 53.0 Å². The fraction of sp³-hybridized carbons (Fsp3) is 0.895. The molecule has 298 valence electrons. The van der Waals surface area contributed by atoms with Gasteiger partial charge < -0.3 is 38.8 Å². The molecule has 0 spiro atoms. The van der Waals surface area contributed by atoms with Gasteiger partial charge in [0, 0.05) is 11.5 Å². The van der Waals surface area contributed by atoms with Crippen molar-refractivity contribution in [2.45, 2.75) is 188 Å². The van der Waals surface area contributed by atoms with Gasteiger partial charge in [-0.15, -0.1) is 0 Å². The molecule has 0 atom stereocenters. The summed E-state index contributed by atoms with van der Waals surface area (Å²) in [5.41, 5.74) is 0. The first-order chi connectivity index (χ1) is 19.6. The minimum absolute atomic E-state index is 0. The zero-order valence-corrected chi connectivity index (χ0v) is 36.1. The van der Waals surface area contributed by atoms with Gasteiger partial charge in [0.2, 0.25) is 0 Å². The van der Waals surface area contributed by atoms with E-state index in [1.807, 2.05) is 0 Å². The van der Waals surface area contributed by atoms with Crippen molar-refractivity contribution in [2.24, 2.45) is 17.8 Å². The molecule has 0 heterocycles. The van der Waals surface area contributed by atoms with Crippen LogP contribution in [0.25, 0.3) is 0 Å². The standard InChI is InChI=1S/C10H20.2C9H18O3S.C5H10.CH4.4CH3.2Fe.Li/c1-2-3-4-7-10-8-5-6-9-10;2*10-13(11,12)8-4-3-7-9-5-1-2-6-9;1-2-4-5-3-1;;;;;;;;/h10H,2-9H2,1H3;2*9H,1-8H2,(H,10,11,12);1-5H2;1H4;4*1H3;;;/q;;;;;4*-1;2*+2;+1/p-2. The second kappa shape index (κ2) is 43.9. The van der Waals surface area contributed by atoms with E-state index >= 15 is 0 Å². The van der Waals surface area contributed by atoms with Gasteiger partial charge in [-0.2, -0.15) is 0 Å². The predicted molar refractivity (Wildman–Crippen MR) is 202 cm³/mol. The number of hydrogen-bond donors (Lipinski definition) is 0. The molecule has 4 aliphatic carbocycles. The van der Waals surface area contributed by atoms with Crippen molar-refractivity contribution < 1.29 is 78.9 Å². The maximum atomic E-state index is 10.3. The molecule has 4 fully saturated rings. The van der Waals surface area contributed by atoms with Crippen molar-refractivity contribution in [3.05, 3.63) is 29.7 Å². The van der Waals surface area contributed by atoms with Crippen LogP contribution in [-0.4, -0.2) is 37.4 Å². The van der Waals surface area contributed by atoms with Gasteiger partial charge in [-0.1, -0.05) is 175 Å². The van der Waals surface area contributed by atoms with Crippen molar-refractivity contribution in [3.8, 4) is 0 Å². The van der Waals surface area contributed by atoms with E-state index in [1.54, 1.807) is 0 Å². The van der Waals surface area contributed by atoms with Crippen LogP contribution in [0.2, 0.25) is 0 Å². The van der Waals surface area contributed by atoms with Gasteiger partial charge in [0.25, 0.3) is 0 Å². The third-order valence-corrected chi connectivity index (χ3v) is 11.0. The average molecular weight is 816 g/mol. The van der Waals surface area contributed by atoms with Crippen LogP contribution in [0.5, 0.6) is 0 Å². The summed E-state index contributed by atoms with van der Waals surface area (Å²) in [4.78, 5) is 0. The van der Waals surface area contributed by atoms with Gasteiger partial charge in [-0.25, -0.2) is 16.8 Å². The van der Waals surface area contributed by atoms with Crippen molar-refractivity contribution in [2.75, 3.05) is 11.5 Å². The zero-order chi connectivity index (χ0) is 30.2. The average Bonchev–Trinajstić information content (AvgIpc) is 3.74. The summed E-state index contributed by atoms with van der Waals surface area (Å²) in [7, 11) is -7.94. The molecule has 4 aliphatic rings. The number of rotatable bonds is 14. The summed E-state index contributed by atoms with van der Waals surface area (Å²) in [6.45, 7) is 2.29. The second-order valence-corrected chi connectivity index (χ2v) is 16.3. The van der Waals surface area contributed by atoms with E-state index in [2.05, 4.69) is 6.92 Å². The number of unbranched alkanes of at least 4 members (excludes halogenated alkanes) is 4. The van der Waals surface area contributed by atoms with Crippen LogP contribution in [-0.2, 0) is 54.4 Å². The molecule has 0 bridgehead atoms. The fourth-order valence-corrected chi connectivity index (χ4v) is 8.00. The Bertz CT molecular complexity index is 750. The molecule has 6 nitrogen and oxygen atoms in total. The van der Waals surface area contributed by atoms with Gasteiger partial charge in [-0.05, 0) is 30.6 Å². The van der Waals surface area contributed by atoms with E-state index in [0.29, 0.717) is 12.8 Å². The fourth-order valence-electron chi connectivity index (χ4n) is 6.89.